The summed E-state index contributed by atoms with van der Waals surface area (Å²) in [5.74, 6) is 1.80. The zero-order valence-corrected chi connectivity index (χ0v) is 20.0. The summed E-state index contributed by atoms with van der Waals surface area (Å²) in [4.78, 5) is 12.1. The fraction of sp³-hybridized carbons (Fsp3) is 0.583. The minimum absolute atomic E-state index is 0.0725. The quantitative estimate of drug-likeness (QED) is 0.326. The number of furan rings is 1. The number of hydrogen-bond donors (Lipinski definition) is 1. The molecule has 2 aliphatic heterocycles. The second-order valence-electron chi connectivity index (χ2n) is 9.30. The lowest BCUT2D eigenvalue weighted by molar-refractivity contribution is -0.0371. The molecule has 182 valence electrons. The van der Waals surface area contributed by atoms with Crippen LogP contribution in [0.3, 0.4) is 0 Å². The number of nitrogens with zero attached hydrogens (tertiary/aromatic N) is 6. The van der Waals surface area contributed by atoms with Gasteiger partial charge in [-0.3, -0.25) is 0 Å². The van der Waals surface area contributed by atoms with Crippen LogP contribution in [0.1, 0.15) is 63.6 Å². The molecule has 3 aromatic heterocycles. The van der Waals surface area contributed by atoms with Gasteiger partial charge in [0.1, 0.15) is 23.5 Å². The average Bonchev–Trinajstić information content (AvgIpc) is 3.45. The molecule has 1 N–H and O–H groups in total. The summed E-state index contributed by atoms with van der Waals surface area (Å²) in [5, 5.41) is 17.5. The van der Waals surface area contributed by atoms with Gasteiger partial charge in [-0.15, -0.1) is 0 Å². The van der Waals surface area contributed by atoms with Gasteiger partial charge in [-0.1, -0.05) is 5.16 Å². The van der Waals surface area contributed by atoms with E-state index in [4.69, 9.17) is 34.2 Å². The highest BCUT2D eigenvalue weighted by atomic mass is 16.5. The molecule has 5 rings (SSSR count). The Morgan fingerprint density at radius 3 is 2.71 bits per heavy atom. The van der Waals surface area contributed by atoms with Crippen LogP contribution in [0.5, 0.6) is 5.88 Å². The van der Waals surface area contributed by atoms with Gasteiger partial charge in [0, 0.05) is 25.7 Å². The van der Waals surface area contributed by atoms with Crippen LogP contribution in [0.2, 0.25) is 0 Å². The third-order valence-electron chi connectivity index (χ3n) is 6.64. The molecule has 1 unspecified atom stereocenters. The van der Waals surface area contributed by atoms with Crippen LogP contribution < -0.4 is 4.74 Å². The first kappa shape index (κ1) is 22.8. The molecule has 0 bridgehead atoms. The Labute approximate surface area is 198 Å². The maximum atomic E-state index is 8.83. The van der Waals surface area contributed by atoms with E-state index in [9.17, 15) is 0 Å². The van der Waals surface area contributed by atoms with Crippen LogP contribution in [0.4, 0.5) is 0 Å². The van der Waals surface area contributed by atoms with E-state index < -0.39 is 0 Å². The van der Waals surface area contributed by atoms with E-state index in [0.717, 1.165) is 56.3 Å². The van der Waals surface area contributed by atoms with Crippen molar-refractivity contribution in [2.45, 2.75) is 71.2 Å². The van der Waals surface area contributed by atoms with E-state index in [-0.39, 0.29) is 12.3 Å². The highest BCUT2D eigenvalue weighted by Gasteiger charge is 2.28. The topological polar surface area (TPSA) is 111 Å². The van der Waals surface area contributed by atoms with Crippen LogP contribution in [0.15, 0.2) is 21.7 Å². The van der Waals surface area contributed by atoms with E-state index >= 15 is 0 Å². The standard InChI is InChI=1S/C24H32N6O4/c1-15(2)29-11-9-17(10-12-29)34-24-21-16(3)28-30(20-6-4-5-13-32-20)23(21)26-22(27-24)19-8-7-18(33-19)14-25-31/h7-8,14-15,17,20,31H,4-6,9-13H2,1-3H3/b25-14+. The Balaban J connectivity index is 1.54. The number of fused-ring (bicyclic) bond motifs is 1. The van der Waals surface area contributed by atoms with Gasteiger partial charge in [0.2, 0.25) is 11.7 Å². The SMILES string of the molecule is Cc1nn(C2CCCCO2)c2nc(-c3ccc(/C=N/O)o3)nc(OC3CCN(C(C)C)CC3)c12. The molecule has 5 heterocycles. The monoisotopic (exact) mass is 468 g/mol. The minimum atomic E-state index is -0.163. The molecule has 2 saturated heterocycles. The van der Waals surface area contributed by atoms with E-state index in [1.807, 2.05) is 11.6 Å². The third-order valence-corrected chi connectivity index (χ3v) is 6.64. The summed E-state index contributed by atoms with van der Waals surface area (Å²) in [6.07, 6.45) is 6.05. The largest absolute Gasteiger partial charge is 0.474 e. The maximum absolute atomic E-state index is 8.83. The van der Waals surface area contributed by atoms with Crippen molar-refractivity contribution in [3.63, 3.8) is 0 Å². The van der Waals surface area contributed by atoms with E-state index in [0.29, 0.717) is 41.5 Å². The number of aryl methyl sites for hydroxylation is 1. The second-order valence-corrected chi connectivity index (χ2v) is 9.30. The lowest BCUT2D eigenvalue weighted by Crippen LogP contribution is -2.41. The number of hydrogen-bond acceptors (Lipinski definition) is 9. The first-order valence-electron chi connectivity index (χ1n) is 12.1. The summed E-state index contributed by atoms with van der Waals surface area (Å²) in [7, 11) is 0. The zero-order valence-electron chi connectivity index (χ0n) is 20.0. The van der Waals surface area contributed by atoms with Gasteiger partial charge in [0.15, 0.2) is 17.6 Å². The van der Waals surface area contributed by atoms with E-state index in [1.165, 1.54) is 6.21 Å². The molecule has 10 nitrogen and oxygen atoms in total. The van der Waals surface area contributed by atoms with Gasteiger partial charge >= 0.3 is 0 Å². The van der Waals surface area contributed by atoms with Crippen molar-refractivity contribution in [2.75, 3.05) is 19.7 Å². The summed E-state index contributed by atoms with van der Waals surface area (Å²) in [6.45, 7) is 9.13. The summed E-state index contributed by atoms with van der Waals surface area (Å²) < 4.78 is 20.2. The molecular weight excluding hydrogens is 436 g/mol. The number of piperidine rings is 1. The molecule has 0 amide bonds. The van der Waals surface area contributed by atoms with Gasteiger partial charge < -0.3 is 24.0 Å². The Kier molecular flexibility index (Phi) is 6.51. The maximum Gasteiger partial charge on any atom is 0.229 e. The Morgan fingerprint density at radius 2 is 2.00 bits per heavy atom. The molecule has 2 fully saturated rings. The van der Waals surface area contributed by atoms with Crippen LogP contribution in [-0.4, -0.2) is 67.9 Å². The molecule has 1 atom stereocenters. The second kappa shape index (κ2) is 9.71. The van der Waals surface area contributed by atoms with Crippen LogP contribution in [-0.2, 0) is 4.74 Å². The minimum Gasteiger partial charge on any atom is -0.474 e. The van der Waals surface area contributed by atoms with Crippen molar-refractivity contribution in [1.29, 1.82) is 0 Å². The molecule has 2 aliphatic rings. The van der Waals surface area contributed by atoms with Gasteiger partial charge in [-0.25, -0.2) is 9.67 Å². The highest BCUT2D eigenvalue weighted by Crippen LogP contribution is 2.34. The van der Waals surface area contributed by atoms with Crippen molar-refractivity contribution >= 4 is 17.2 Å². The molecule has 0 spiro atoms. The van der Waals surface area contributed by atoms with Crippen molar-refractivity contribution in [1.82, 2.24) is 24.6 Å². The van der Waals surface area contributed by atoms with Gasteiger partial charge in [-0.2, -0.15) is 10.1 Å². The van der Waals surface area contributed by atoms with Crippen LogP contribution in [0, 0.1) is 6.92 Å². The van der Waals surface area contributed by atoms with Crippen molar-refractivity contribution in [3.8, 4) is 17.5 Å². The van der Waals surface area contributed by atoms with E-state index in [1.54, 1.807) is 12.1 Å². The highest BCUT2D eigenvalue weighted by molar-refractivity contribution is 5.85. The Bertz CT molecular complexity index is 1160. The number of aromatic nitrogens is 4. The molecule has 3 aromatic rings. The molecule has 0 aliphatic carbocycles. The van der Waals surface area contributed by atoms with Crippen LogP contribution >= 0.6 is 0 Å². The van der Waals surface area contributed by atoms with Gasteiger partial charge in [0.05, 0.1) is 5.69 Å². The zero-order chi connectivity index (χ0) is 23.7. The predicted octanol–water partition coefficient (Wildman–Crippen LogP) is 4.15. The molecule has 0 saturated carbocycles. The van der Waals surface area contributed by atoms with Gasteiger partial charge in [0.25, 0.3) is 0 Å². The third kappa shape index (κ3) is 4.52. The fourth-order valence-corrected chi connectivity index (χ4v) is 4.75. The van der Waals surface area contributed by atoms with E-state index in [2.05, 4.69) is 23.9 Å². The molecule has 0 radical (unpaired) electrons. The molecule has 0 aromatic carbocycles. The first-order valence-corrected chi connectivity index (χ1v) is 12.1. The number of oxime groups is 1. The molecular formula is C24H32N6O4. The smallest absolute Gasteiger partial charge is 0.229 e. The normalized spacial score (nSPS) is 20.6. The average molecular weight is 469 g/mol. The number of likely N-dealkylation sites (tertiary alicyclic amines) is 1. The summed E-state index contributed by atoms with van der Waals surface area (Å²) in [5.41, 5.74) is 1.50. The fourth-order valence-electron chi connectivity index (χ4n) is 4.75. The van der Waals surface area contributed by atoms with Crippen molar-refractivity contribution in [3.05, 3.63) is 23.6 Å². The van der Waals surface area contributed by atoms with Crippen molar-refractivity contribution in [2.24, 2.45) is 5.16 Å². The number of ether oxygens (including phenoxy) is 2. The Hall–Kier alpha value is -2.98. The predicted molar refractivity (Wildman–Crippen MR) is 126 cm³/mol. The van der Waals surface area contributed by atoms with Crippen molar-refractivity contribution < 1.29 is 19.1 Å². The lowest BCUT2D eigenvalue weighted by Gasteiger charge is -2.34. The molecule has 10 heteroatoms. The summed E-state index contributed by atoms with van der Waals surface area (Å²) >= 11 is 0. The first-order chi connectivity index (χ1) is 16.5. The molecule has 34 heavy (non-hydrogen) atoms. The van der Waals surface area contributed by atoms with Gasteiger partial charge in [-0.05, 0) is 65.0 Å². The summed E-state index contributed by atoms with van der Waals surface area (Å²) in [6, 6.07) is 4.00. The van der Waals surface area contributed by atoms with Crippen LogP contribution in [0.25, 0.3) is 22.6 Å². The Morgan fingerprint density at radius 1 is 1.18 bits per heavy atom. The lowest BCUT2D eigenvalue weighted by atomic mass is 10.1. The number of rotatable bonds is 6.